The van der Waals surface area contributed by atoms with Crippen LogP contribution in [0.4, 0.5) is 4.39 Å². The van der Waals surface area contributed by atoms with E-state index in [1.165, 1.54) is 24.3 Å². The van der Waals surface area contributed by atoms with Gasteiger partial charge in [0.1, 0.15) is 5.82 Å². The second kappa shape index (κ2) is 12.3. The first-order chi connectivity index (χ1) is 13.0. The summed E-state index contributed by atoms with van der Waals surface area (Å²) in [5.74, 6) is -0.940. The standard InChI is InChI=1S/C19H27FN4O3.ClH/c20-16-7-5-14(6-8-16)18(26)22-10-1-4-17(25)24-12-2-3-15(13-24)19(27)23-11-9-21;/h5-8,15H,1-4,9-13,21H2,(H,22,26)(H,23,27);1H. The fourth-order valence-electron chi connectivity index (χ4n) is 3.06. The molecule has 1 aromatic rings. The number of carbonyl (C=O) groups is 3. The normalized spacial score (nSPS) is 16.1. The summed E-state index contributed by atoms with van der Waals surface area (Å²) in [6, 6.07) is 5.29. The predicted octanol–water partition coefficient (Wildman–Crippen LogP) is 1.07. The van der Waals surface area contributed by atoms with E-state index in [1.54, 1.807) is 4.90 Å². The molecular weight excluding hydrogens is 387 g/mol. The van der Waals surface area contributed by atoms with Crippen LogP contribution >= 0.6 is 12.4 Å². The molecule has 2 rings (SSSR count). The number of rotatable bonds is 8. The van der Waals surface area contributed by atoms with Gasteiger partial charge < -0.3 is 21.3 Å². The maximum Gasteiger partial charge on any atom is 0.251 e. The van der Waals surface area contributed by atoms with Gasteiger partial charge in [0, 0.05) is 44.7 Å². The number of benzene rings is 1. The molecule has 0 radical (unpaired) electrons. The first-order valence-corrected chi connectivity index (χ1v) is 9.30. The van der Waals surface area contributed by atoms with Crippen molar-refractivity contribution in [3.8, 4) is 0 Å². The van der Waals surface area contributed by atoms with Crippen molar-refractivity contribution >= 4 is 30.1 Å². The smallest absolute Gasteiger partial charge is 0.251 e. The molecule has 0 aromatic heterocycles. The Hall–Kier alpha value is -2.19. The third-order valence-electron chi connectivity index (χ3n) is 4.55. The average Bonchev–Trinajstić information content (AvgIpc) is 2.69. The van der Waals surface area contributed by atoms with Crippen LogP contribution in [0.1, 0.15) is 36.0 Å². The van der Waals surface area contributed by atoms with E-state index in [2.05, 4.69) is 10.6 Å². The lowest BCUT2D eigenvalue weighted by Crippen LogP contribution is -2.46. The van der Waals surface area contributed by atoms with Gasteiger partial charge in [-0.05, 0) is 43.5 Å². The second-order valence-electron chi connectivity index (χ2n) is 6.62. The lowest BCUT2D eigenvalue weighted by atomic mass is 9.96. The number of halogens is 2. The van der Waals surface area contributed by atoms with Gasteiger partial charge in [0.05, 0.1) is 5.92 Å². The fourth-order valence-corrected chi connectivity index (χ4v) is 3.06. The number of hydrogen-bond acceptors (Lipinski definition) is 4. The van der Waals surface area contributed by atoms with E-state index in [0.717, 1.165) is 12.8 Å². The number of carbonyl (C=O) groups excluding carboxylic acids is 3. The molecule has 3 amide bonds. The molecule has 4 N–H and O–H groups in total. The number of piperidine rings is 1. The van der Waals surface area contributed by atoms with Crippen molar-refractivity contribution in [2.45, 2.75) is 25.7 Å². The second-order valence-corrected chi connectivity index (χ2v) is 6.62. The fraction of sp³-hybridized carbons (Fsp3) is 0.526. The number of amides is 3. The molecule has 1 aromatic carbocycles. The van der Waals surface area contributed by atoms with Crippen molar-refractivity contribution in [3.63, 3.8) is 0 Å². The van der Waals surface area contributed by atoms with Crippen LogP contribution in [0.5, 0.6) is 0 Å². The first-order valence-electron chi connectivity index (χ1n) is 9.30. The van der Waals surface area contributed by atoms with Gasteiger partial charge in [-0.15, -0.1) is 12.4 Å². The molecule has 0 spiro atoms. The predicted molar refractivity (Wildman–Crippen MR) is 107 cm³/mol. The Balaban J connectivity index is 0.00000392. The number of hydrogen-bond donors (Lipinski definition) is 3. The Morgan fingerprint density at radius 3 is 2.54 bits per heavy atom. The van der Waals surface area contributed by atoms with Crippen molar-refractivity contribution in [1.82, 2.24) is 15.5 Å². The molecule has 156 valence electrons. The summed E-state index contributed by atoms with van der Waals surface area (Å²) in [6.45, 7) is 2.27. The highest BCUT2D eigenvalue weighted by Gasteiger charge is 2.27. The van der Waals surface area contributed by atoms with E-state index >= 15 is 0 Å². The molecule has 1 saturated heterocycles. The Morgan fingerprint density at radius 1 is 1.14 bits per heavy atom. The topological polar surface area (TPSA) is 105 Å². The first kappa shape index (κ1) is 23.8. The van der Waals surface area contributed by atoms with Crippen LogP contribution in [-0.2, 0) is 9.59 Å². The van der Waals surface area contributed by atoms with Gasteiger partial charge in [-0.3, -0.25) is 14.4 Å². The van der Waals surface area contributed by atoms with Gasteiger partial charge in [0.15, 0.2) is 0 Å². The van der Waals surface area contributed by atoms with E-state index in [1.807, 2.05) is 0 Å². The van der Waals surface area contributed by atoms with Gasteiger partial charge in [-0.1, -0.05) is 0 Å². The van der Waals surface area contributed by atoms with Gasteiger partial charge in [0.25, 0.3) is 5.91 Å². The largest absolute Gasteiger partial charge is 0.355 e. The molecule has 1 fully saturated rings. The Bertz CT molecular complexity index is 657. The highest BCUT2D eigenvalue weighted by Crippen LogP contribution is 2.17. The number of nitrogens with one attached hydrogen (secondary N) is 2. The highest BCUT2D eigenvalue weighted by atomic mass is 35.5. The van der Waals surface area contributed by atoms with Crippen molar-refractivity contribution in [3.05, 3.63) is 35.6 Å². The quantitative estimate of drug-likeness (QED) is 0.553. The van der Waals surface area contributed by atoms with Gasteiger partial charge in [-0.25, -0.2) is 4.39 Å². The average molecular weight is 415 g/mol. The molecule has 1 aliphatic rings. The third-order valence-corrected chi connectivity index (χ3v) is 4.55. The Kier molecular flexibility index (Phi) is 10.5. The molecule has 0 bridgehead atoms. The van der Waals surface area contributed by atoms with Crippen LogP contribution in [-0.4, -0.2) is 55.3 Å². The van der Waals surface area contributed by atoms with Crippen LogP contribution in [0.15, 0.2) is 24.3 Å². The molecule has 0 aliphatic carbocycles. The van der Waals surface area contributed by atoms with Crippen molar-refractivity contribution in [1.29, 1.82) is 0 Å². The van der Waals surface area contributed by atoms with Crippen LogP contribution in [0.25, 0.3) is 0 Å². The number of likely N-dealkylation sites (tertiary alicyclic amines) is 1. The van der Waals surface area contributed by atoms with E-state index in [-0.39, 0.29) is 36.0 Å². The summed E-state index contributed by atoms with van der Waals surface area (Å²) in [6.07, 6.45) is 2.38. The van der Waals surface area contributed by atoms with E-state index in [4.69, 9.17) is 5.73 Å². The van der Waals surface area contributed by atoms with Crippen molar-refractivity contribution in [2.24, 2.45) is 11.7 Å². The van der Waals surface area contributed by atoms with Crippen LogP contribution in [0, 0.1) is 11.7 Å². The molecule has 0 saturated carbocycles. The van der Waals surface area contributed by atoms with Gasteiger partial charge in [-0.2, -0.15) is 0 Å². The molecule has 1 unspecified atom stereocenters. The summed E-state index contributed by atoms with van der Waals surface area (Å²) in [5, 5.41) is 5.49. The maximum atomic E-state index is 12.9. The molecule has 7 nitrogen and oxygen atoms in total. The molecule has 28 heavy (non-hydrogen) atoms. The summed E-state index contributed by atoms with van der Waals surface area (Å²) in [7, 11) is 0. The number of nitrogens with zero attached hydrogens (tertiary/aromatic N) is 1. The van der Waals surface area contributed by atoms with Crippen LogP contribution in [0.3, 0.4) is 0 Å². The lowest BCUT2D eigenvalue weighted by Gasteiger charge is -2.32. The number of nitrogens with two attached hydrogens (primary N) is 1. The van der Waals surface area contributed by atoms with Crippen molar-refractivity contribution in [2.75, 3.05) is 32.7 Å². The molecular formula is C19H28ClFN4O3. The van der Waals surface area contributed by atoms with E-state index in [9.17, 15) is 18.8 Å². The van der Waals surface area contributed by atoms with Gasteiger partial charge >= 0.3 is 0 Å². The Labute approximate surface area is 170 Å². The lowest BCUT2D eigenvalue weighted by molar-refractivity contribution is -0.135. The summed E-state index contributed by atoms with van der Waals surface area (Å²) in [4.78, 5) is 38.0. The van der Waals surface area contributed by atoms with Crippen molar-refractivity contribution < 1.29 is 18.8 Å². The monoisotopic (exact) mass is 414 g/mol. The van der Waals surface area contributed by atoms with Crippen LogP contribution in [0.2, 0.25) is 0 Å². The molecule has 1 heterocycles. The minimum atomic E-state index is -0.395. The van der Waals surface area contributed by atoms with Crippen LogP contribution < -0.4 is 16.4 Å². The summed E-state index contributed by atoms with van der Waals surface area (Å²) < 4.78 is 12.9. The molecule has 1 aliphatic heterocycles. The maximum absolute atomic E-state index is 12.9. The zero-order valence-corrected chi connectivity index (χ0v) is 16.6. The van der Waals surface area contributed by atoms with E-state index in [0.29, 0.717) is 51.1 Å². The zero-order valence-electron chi connectivity index (χ0n) is 15.8. The Morgan fingerprint density at radius 2 is 1.86 bits per heavy atom. The minimum Gasteiger partial charge on any atom is -0.355 e. The highest BCUT2D eigenvalue weighted by molar-refractivity contribution is 5.94. The SMILES string of the molecule is Cl.NCCNC(=O)C1CCCN(C(=O)CCCNC(=O)c2ccc(F)cc2)C1. The van der Waals surface area contributed by atoms with Gasteiger partial charge in [0.2, 0.25) is 11.8 Å². The summed E-state index contributed by atoms with van der Waals surface area (Å²) >= 11 is 0. The minimum absolute atomic E-state index is 0. The van der Waals surface area contributed by atoms with E-state index < -0.39 is 5.82 Å². The molecule has 1 atom stereocenters. The molecule has 9 heteroatoms. The summed E-state index contributed by atoms with van der Waals surface area (Å²) in [5.41, 5.74) is 5.77. The zero-order chi connectivity index (χ0) is 19.6. The third kappa shape index (κ3) is 7.44.